The van der Waals surface area contributed by atoms with Gasteiger partial charge in [-0.25, -0.2) is 4.39 Å². The van der Waals surface area contributed by atoms with Gasteiger partial charge in [0, 0.05) is 57.9 Å². The van der Waals surface area contributed by atoms with Crippen LogP contribution in [-0.4, -0.2) is 117 Å². The first-order valence-electron chi connectivity index (χ1n) is 13.0. The van der Waals surface area contributed by atoms with Gasteiger partial charge in [-0.3, -0.25) is 14.6 Å². The van der Waals surface area contributed by atoms with E-state index >= 15 is 0 Å². The van der Waals surface area contributed by atoms with Gasteiger partial charge in [0.25, 0.3) is 5.91 Å². The van der Waals surface area contributed by atoms with E-state index in [0.29, 0.717) is 58.1 Å². The molecule has 2 unspecified atom stereocenters. The number of aliphatic hydroxyl groups is 1. The van der Waals surface area contributed by atoms with Crippen molar-refractivity contribution in [1.29, 1.82) is 0 Å². The van der Waals surface area contributed by atoms with Gasteiger partial charge in [-0.2, -0.15) is 0 Å². The minimum absolute atomic E-state index is 0.205. The van der Waals surface area contributed by atoms with E-state index in [4.69, 9.17) is 14.2 Å². The summed E-state index contributed by atoms with van der Waals surface area (Å²) in [6, 6.07) is 13.6. The Balaban J connectivity index is 1.33. The van der Waals surface area contributed by atoms with Crippen molar-refractivity contribution >= 4 is 5.91 Å². The number of morpholine rings is 2. The van der Waals surface area contributed by atoms with Gasteiger partial charge in [0.2, 0.25) is 0 Å². The van der Waals surface area contributed by atoms with Crippen molar-refractivity contribution in [2.24, 2.45) is 0 Å². The van der Waals surface area contributed by atoms with Crippen molar-refractivity contribution < 1.29 is 28.5 Å². The van der Waals surface area contributed by atoms with Crippen LogP contribution in [0.2, 0.25) is 0 Å². The van der Waals surface area contributed by atoms with Crippen LogP contribution in [0.5, 0.6) is 5.75 Å². The molecule has 0 aromatic heterocycles. The van der Waals surface area contributed by atoms with E-state index in [0.717, 1.165) is 30.9 Å². The van der Waals surface area contributed by atoms with E-state index in [1.54, 1.807) is 17.0 Å². The summed E-state index contributed by atoms with van der Waals surface area (Å²) in [5.74, 6) is 0.134. The normalized spacial score (nSPS) is 19.9. The number of aryl methyl sites for hydroxylation is 1. The van der Waals surface area contributed by atoms with Gasteiger partial charge in [0.05, 0.1) is 25.9 Å². The molecule has 2 heterocycles. The van der Waals surface area contributed by atoms with Gasteiger partial charge in [-0.15, -0.1) is 0 Å². The lowest BCUT2D eigenvalue weighted by atomic mass is 10.1. The monoisotopic (exact) mass is 515 g/mol. The molecule has 0 saturated carbocycles. The maximum atomic E-state index is 13.8. The predicted molar refractivity (Wildman–Crippen MR) is 138 cm³/mol. The third-order valence-corrected chi connectivity index (χ3v) is 6.79. The molecule has 2 aliphatic heterocycles. The van der Waals surface area contributed by atoms with Crippen molar-refractivity contribution in [3.63, 3.8) is 0 Å². The zero-order valence-electron chi connectivity index (χ0n) is 21.6. The minimum Gasteiger partial charge on any atom is -0.491 e. The molecule has 2 atom stereocenters. The maximum absolute atomic E-state index is 13.8. The lowest BCUT2D eigenvalue weighted by Crippen LogP contribution is -2.52. The van der Waals surface area contributed by atoms with Crippen LogP contribution in [0.1, 0.15) is 15.9 Å². The summed E-state index contributed by atoms with van der Waals surface area (Å²) >= 11 is 0. The number of β-amino-alcohol motifs (C(OH)–C–C–N with tert-alkyl or cyclic N) is 1. The van der Waals surface area contributed by atoms with Crippen molar-refractivity contribution in [3.05, 3.63) is 65.5 Å². The molecule has 202 valence electrons. The summed E-state index contributed by atoms with van der Waals surface area (Å²) in [5, 5.41) is 10.6. The first kappa shape index (κ1) is 27.5. The largest absolute Gasteiger partial charge is 0.491 e. The summed E-state index contributed by atoms with van der Waals surface area (Å²) in [7, 11) is 0. The van der Waals surface area contributed by atoms with E-state index in [1.165, 1.54) is 12.1 Å². The Hall–Kier alpha value is -2.56. The van der Waals surface area contributed by atoms with Crippen LogP contribution >= 0.6 is 0 Å². The fourth-order valence-electron chi connectivity index (χ4n) is 4.72. The van der Waals surface area contributed by atoms with E-state index in [9.17, 15) is 14.3 Å². The van der Waals surface area contributed by atoms with Gasteiger partial charge in [-0.1, -0.05) is 24.3 Å². The second-order valence-electron chi connectivity index (χ2n) is 9.70. The molecule has 4 rings (SSSR count). The van der Waals surface area contributed by atoms with E-state index in [2.05, 4.69) is 9.80 Å². The highest BCUT2D eigenvalue weighted by atomic mass is 19.1. The van der Waals surface area contributed by atoms with Crippen molar-refractivity contribution in [3.8, 4) is 5.75 Å². The molecule has 8 nitrogen and oxygen atoms in total. The standard InChI is InChI=1S/C28H38FN3O5/c1-22-5-2-3-8-27(22)37-21-25(33)18-31-13-16-36-26(19-31)20-32(10-9-30-11-14-35-15-12-30)28(34)23-6-4-7-24(29)17-23/h2-8,17,25-26,33H,9-16,18-21H2,1H3. The molecule has 0 bridgehead atoms. The number of hydrogen-bond donors (Lipinski definition) is 1. The summed E-state index contributed by atoms with van der Waals surface area (Å²) in [5.41, 5.74) is 1.36. The third kappa shape index (κ3) is 8.48. The average molecular weight is 516 g/mol. The van der Waals surface area contributed by atoms with Gasteiger partial charge < -0.3 is 24.2 Å². The number of amides is 1. The molecule has 1 amide bonds. The van der Waals surface area contributed by atoms with Crippen LogP contribution in [0.25, 0.3) is 0 Å². The third-order valence-electron chi connectivity index (χ3n) is 6.79. The molecule has 2 aromatic rings. The molecule has 2 fully saturated rings. The van der Waals surface area contributed by atoms with E-state index in [-0.39, 0.29) is 18.6 Å². The van der Waals surface area contributed by atoms with Crippen LogP contribution in [0.15, 0.2) is 48.5 Å². The Morgan fingerprint density at radius 3 is 2.70 bits per heavy atom. The Morgan fingerprint density at radius 1 is 1.14 bits per heavy atom. The SMILES string of the molecule is Cc1ccccc1OCC(O)CN1CCOC(CN(CCN2CCOCC2)C(=O)c2cccc(F)c2)C1. The number of rotatable bonds is 11. The lowest BCUT2D eigenvalue weighted by molar-refractivity contribution is -0.0545. The molecule has 9 heteroatoms. The topological polar surface area (TPSA) is 74.7 Å². The van der Waals surface area contributed by atoms with Crippen molar-refractivity contribution in [2.75, 3.05) is 78.8 Å². The van der Waals surface area contributed by atoms with E-state index in [1.807, 2.05) is 31.2 Å². The lowest BCUT2D eigenvalue weighted by Gasteiger charge is -2.37. The Bertz CT molecular complexity index is 1000. The summed E-state index contributed by atoms with van der Waals surface area (Å²) in [4.78, 5) is 19.5. The minimum atomic E-state index is -0.648. The zero-order valence-corrected chi connectivity index (χ0v) is 21.6. The molecule has 1 N–H and O–H groups in total. The summed E-state index contributed by atoms with van der Waals surface area (Å²) in [6.45, 7) is 9.11. The average Bonchev–Trinajstić information content (AvgIpc) is 2.91. The van der Waals surface area contributed by atoms with Crippen LogP contribution in [-0.2, 0) is 9.47 Å². The van der Waals surface area contributed by atoms with Gasteiger partial charge in [-0.05, 0) is 36.8 Å². The second-order valence-corrected chi connectivity index (χ2v) is 9.70. The highest BCUT2D eigenvalue weighted by Crippen LogP contribution is 2.17. The summed E-state index contributed by atoms with van der Waals surface area (Å²) < 4.78 is 31.1. The molecule has 0 spiro atoms. The molecule has 2 aromatic carbocycles. The van der Waals surface area contributed by atoms with Crippen LogP contribution < -0.4 is 4.74 Å². The highest BCUT2D eigenvalue weighted by molar-refractivity contribution is 5.94. The number of carbonyl (C=O) groups excluding carboxylic acids is 1. The number of nitrogens with zero attached hydrogens (tertiary/aromatic N) is 3. The number of ether oxygens (including phenoxy) is 3. The molecule has 2 saturated heterocycles. The van der Waals surface area contributed by atoms with Crippen LogP contribution in [0, 0.1) is 12.7 Å². The highest BCUT2D eigenvalue weighted by Gasteiger charge is 2.27. The number of carbonyl (C=O) groups is 1. The second kappa shape index (κ2) is 13.8. The van der Waals surface area contributed by atoms with E-state index < -0.39 is 11.9 Å². The molecule has 0 radical (unpaired) electrons. The molecule has 0 aliphatic carbocycles. The molecular formula is C28H38FN3O5. The smallest absolute Gasteiger partial charge is 0.254 e. The quantitative estimate of drug-likeness (QED) is 0.491. The fourth-order valence-corrected chi connectivity index (χ4v) is 4.72. The van der Waals surface area contributed by atoms with Gasteiger partial charge in [0.15, 0.2) is 0 Å². The van der Waals surface area contributed by atoms with Crippen LogP contribution in [0.4, 0.5) is 4.39 Å². The fraction of sp³-hybridized carbons (Fsp3) is 0.536. The van der Waals surface area contributed by atoms with Gasteiger partial charge in [0.1, 0.15) is 24.3 Å². The molecule has 37 heavy (non-hydrogen) atoms. The number of benzene rings is 2. The summed E-state index contributed by atoms with van der Waals surface area (Å²) in [6.07, 6.45) is -0.856. The van der Waals surface area contributed by atoms with Crippen molar-refractivity contribution in [1.82, 2.24) is 14.7 Å². The molecular weight excluding hydrogens is 477 g/mol. The predicted octanol–water partition coefficient (Wildman–Crippen LogP) is 2.05. The first-order valence-corrected chi connectivity index (χ1v) is 13.0. The molecule has 2 aliphatic rings. The number of para-hydroxylation sites is 1. The number of hydrogen-bond acceptors (Lipinski definition) is 7. The zero-order chi connectivity index (χ0) is 26.0. The van der Waals surface area contributed by atoms with Gasteiger partial charge >= 0.3 is 0 Å². The maximum Gasteiger partial charge on any atom is 0.254 e. The Kier molecular flexibility index (Phi) is 10.3. The number of aliphatic hydroxyl groups excluding tert-OH is 1. The van der Waals surface area contributed by atoms with Crippen molar-refractivity contribution in [2.45, 2.75) is 19.1 Å². The first-order chi connectivity index (χ1) is 18.0. The van der Waals surface area contributed by atoms with Crippen LogP contribution in [0.3, 0.4) is 0 Å². The Morgan fingerprint density at radius 2 is 1.92 bits per heavy atom. The number of halogens is 1. The Labute approximate surface area is 218 Å².